The van der Waals surface area contributed by atoms with Crippen LogP contribution in [0.25, 0.3) is 0 Å². The highest BCUT2D eigenvalue weighted by atomic mass is 19.4. The van der Waals surface area contributed by atoms with E-state index in [-0.39, 0.29) is 12.1 Å². The molecular weight excluding hydrogens is 300 g/mol. The van der Waals surface area contributed by atoms with E-state index in [4.69, 9.17) is 0 Å². The number of nitrogens with one attached hydrogen (secondary N) is 1. The Morgan fingerprint density at radius 3 is 1.81 bits per heavy atom. The number of halogens is 6. The normalized spacial score (nSPS) is 13.9. The highest BCUT2D eigenvalue weighted by molar-refractivity contribution is 5.94. The minimum atomic E-state index is -4.97. The number of carbonyl (C=O) groups is 1. The average molecular weight is 313 g/mol. The second kappa shape index (κ2) is 5.95. The van der Waals surface area contributed by atoms with Gasteiger partial charge >= 0.3 is 12.4 Å². The molecule has 0 bridgehead atoms. The van der Waals surface area contributed by atoms with Crippen molar-refractivity contribution in [3.63, 3.8) is 0 Å². The minimum Gasteiger partial charge on any atom is -0.350 e. The lowest BCUT2D eigenvalue weighted by Crippen LogP contribution is -2.32. The molecule has 1 atom stereocenters. The van der Waals surface area contributed by atoms with Gasteiger partial charge in [-0.1, -0.05) is 6.92 Å². The molecule has 0 radical (unpaired) electrons. The van der Waals surface area contributed by atoms with E-state index in [1.165, 1.54) is 0 Å². The number of hydrogen-bond donors (Lipinski definition) is 1. The molecule has 21 heavy (non-hydrogen) atoms. The maximum Gasteiger partial charge on any atom is 0.416 e. The summed E-state index contributed by atoms with van der Waals surface area (Å²) in [7, 11) is 0. The summed E-state index contributed by atoms with van der Waals surface area (Å²) < 4.78 is 75.8. The molecular formula is C13H13F6NO. The van der Waals surface area contributed by atoms with Gasteiger partial charge in [-0.3, -0.25) is 4.79 Å². The van der Waals surface area contributed by atoms with Crippen molar-refractivity contribution in [3.05, 3.63) is 34.9 Å². The van der Waals surface area contributed by atoms with Crippen LogP contribution in [0.4, 0.5) is 26.3 Å². The van der Waals surface area contributed by atoms with Gasteiger partial charge in [0.2, 0.25) is 0 Å². The first kappa shape index (κ1) is 17.3. The highest BCUT2D eigenvalue weighted by Crippen LogP contribution is 2.36. The van der Waals surface area contributed by atoms with Gasteiger partial charge in [0.05, 0.1) is 11.1 Å². The SMILES string of the molecule is CCC(C)NC(=O)c1cc(C(F)(F)F)cc(C(F)(F)F)c1. The summed E-state index contributed by atoms with van der Waals surface area (Å²) in [4.78, 5) is 11.7. The number of rotatable bonds is 3. The molecule has 0 saturated carbocycles. The summed E-state index contributed by atoms with van der Waals surface area (Å²) >= 11 is 0. The Kier molecular flexibility index (Phi) is 4.91. The fraction of sp³-hybridized carbons (Fsp3) is 0.462. The summed E-state index contributed by atoms with van der Waals surface area (Å²) in [6.45, 7) is 3.31. The van der Waals surface area contributed by atoms with Gasteiger partial charge in [0.1, 0.15) is 0 Å². The minimum absolute atomic E-state index is 0.0139. The molecule has 1 aromatic rings. The van der Waals surface area contributed by atoms with Crippen LogP contribution in [0.3, 0.4) is 0 Å². The molecule has 1 aromatic carbocycles. The van der Waals surface area contributed by atoms with Gasteiger partial charge in [-0.25, -0.2) is 0 Å². The number of amides is 1. The Morgan fingerprint density at radius 1 is 1.05 bits per heavy atom. The summed E-state index contributed by atoms with van der Waals surface area (Å²) in [6, 6.07) is 0.446. The first-order valence-corrected chi connectivity index (χ1v) is 6.05. The molecule has 118 valence electrons. The predicted molar refractivity (Wildman–Crippen MR) is 63.7 cm³/mol. The van der Waals surface area contributed by atoms with E-state index in [0.29, 0.717) is 18.6 Å². The number of alkyl halides is 6. The van der Waals surface area contributed by atoms with Crippen LogP contribution in [0, 0.1) is 0 Å². The van der Waals surface area contributed by atoms with Crippen molar-refractivity contribution in [3.8, 4) is 0 Å². The van der Waals surface area contributed by atoms with Gasteiger partial charge in [0.15, 0.2) is 0 Å². The van der Waals surface area contributed by atoms with Crippen molar-refractivity contribution in [2.45, 2.75) is 38.7 Å². The van der Waals surface area contributed by atoms with Crippen LogP contribution in [0.1, 0.15) is 41.8 Å². The summed E-state index contributed by atoms with van der Waals surface area (Å²) in [5, 5.41) is 2.33. The van der Waals surface area contributed by atoms with Crippen molar-refractivity contribution >= 4 is 5.91 Å². The number of benzene rings is 1. The molecule has 2 nitrogen and oxygen atoms in total. The lowest BCUT2D eigenvalue weighted by atomic mass is 10.0. The Hall–Kier alpha value is -1.73. The molecule has 0 aliphatic carbocycles. The molecule has 1 amide bonds. The zero-order valence-electron chi connectivity index (χ0n) is 11.2. The molecule has 0 aromatic heterocycles. The monoisotopic (exact) mass is 313 g/mol. The molecule has 0 heterocycles. The third kappa shape index (κ3) is 4.64. The van der Waals surface area contributed by atoms with Gasteiger partial charge in [-0.15, -0.1) is 0 Å². The van der Waals surface area contributed by atoms with Crippen LogP contribution in [0.2, 0.25) is 0 Å². The zero-order valence-corrected chi connectivity index (χ0v) is 11.2. The average Bonchev–Trinajstić information content (AvgIpc) is 2.35. The third-order valence-electron chi connectivity index (χ3n) is 2.84. The van der Waals surface area contributed by atoms with Crippen molar-refractivity contribution in [2.75, 3.05) is 0 Å². The van der Waals surface area contributed by atoms with Crippen LogP contribution in [-0.2, 0) is 12.4 Å². The van der Waals surface area contributed by atoms with E-state index >= 15 is 0 Å². The van der Waals surface area contributed by atoms with Gasteiger partial charge < -0.3 is 5.32 Å². The highest BCUT2D eigenvalue weighted by Gasteiger charge is 2.37. The molecule has 0 fully saturated rings. The zero-order chi connectivity index (χ0) is 16.4. The smallest absolute Gasteiger partial charge is 0.350 e. The molecule has 1 unspecified atom stereocenters. The van der Waals surface area contributed by atoms with Crippen molar-refractivity contribution in [1.29, 1.82) is 0 Å². The lowest BCUT2D eigenvalue weighted by molar-refractivity contribution is -0.143. The van der Waals surface area contributed by atoms with Crippen LogP contribution >= 0.6 is 0 Å². The van der Waals surface area contributed by atoms with E-state index in [9.17, 15) is 31.1 Å². The van der Waals surface area contributed by atoms with E-state index in [0.717, 1.165) is 0 Å². The van der Waals surface area contributed by atoms with Crippen LogP contribution in [0.5, 0.6) is 0 Å². The third-order valence-corrected chi connectivity index (χ3v) is 2.84. The number of hydrogen-bond acceptors (Lipinski definition) is 1. The van der Waals surface area contributed by atoms with E-state index in [2.05, 4.69) is 5.32 Å². The van der Waals surface area contributed by atoms with E-state index < -0.39 is 35.0 Å². The fourth-order valence-electron chi connectivity index (χ4n) is 1.50. The van der Waals surface area contributed by atoms with Crippen LogP contribution in [0.15, 0.2) is 18.2 Å². The molecule has 0 saturated heterocycles. The van der Waals surface area contributed by atoms with E-state index in [1.807, 2.05) is 0 Å². The summed E-state index contributed by atoms with van der Waals surface area (Å²) in [5.41, 5.74) is -3.68. The second-order valence-corrected chi connectivity index (χ2v) is 4.58. The molecule has 1 N–H and O–H groups in total. The van der Waals surface area contributed by atoms with Gasteiger partial charge in [-0.05, 0) is 31.5 Å². The summed E-state index contributed by atoms with van der Waals surface area (Å²) in [5.74, 6) is -0.971. The predicted octanol–water partition coefficient (Wildman–Crippen LogP) is 4.25. The molecule has 0 spiro atoms. The lowest BCUT2D eigenvalue weighted by Gasteiger charge is -2.16. The Labute approximate surface area is 117 Å². The first-order valence-electron chi connectivity index (χ1n) is 6.05. The van der Waals surface area contributed by atoms with Gasteiger partial charge in [0, 0.05) is 11.6 Å². The molecule has 1 rings (SSSR count). The standard InChI is InChI=1S/C13H13F6NO/c1-3-7(2)20-11(21)8-4-9(12(14,15)16)6-10(5-8)13(17,18)19/h4-7H,3H2,1-2H3,(H,20,21). The van der Waals surface area contributed by atoms with Crippen molar-refractivity contribution in [2.24, 2.45) is 0 Å². The van der Waals surface area contributed by atoms with Crippen molar-refractivity contribution < 1.29 is 31.1 Å². The molecule has 0 aliphatic heterocycles. The topological polar surface area (TPSA) is 29.1 Å². The van der Waals surface area contributed by atoms with Crippen LogP contribution < -0.4 is 5.32 Å². The van der Waals surface area contributed by atoms with Crippen molar-refractivity contribution in [1.82, 2.24) is 5.32 Å². The Balaban J connectivity index is 3.29. The van der Waals surface area contributed by atoms with Gasteiger partial charge in [-0.2, -0.15) is 26.3 Å². The molecule has 8 heteroatoms. The molecule has 0 aliphatic rings. The quantitative estimate of drug-likeness (QED) is 0.830. The summed E-state index contributed by atoms with van der Waals surface area (Å²) in [6.07, 6.45) is -9.43. The number of carbonyl (C=O) groups excluding carboxylic acids is 1. The largest absolute Gasteiger partial charge is 0.416 e. The first-order chi connectivity index (χ1) is 9.45. The maximum absolute atomic E-state index is 12.6. The Morgan fingerprint density at radius 2 is 1.48 bits per heavy atom. The second-order valence-electron chi connectivity index (χ2n) is 4.58. The van der Waals surface area contributed by atoms with Crippen LogP contribution in [-0.4, -0.2) is 11.9 Å². The van der Waals surface area contributed by atoms with Gasteiger partial charge in [0.25, 0.3) is 5.91 Å². The Bertz CT molecular complexity index is 488. The van der Waals surface area contributed by atoms with E-state index in [1.54, 1.807) is 13.8 Å². The maximum atomic E-state index is 12.6. The fourth-order valence-corrected chi connectivity index (χ4v) is 1.50.